The minimum atomic E-state index is -0.0715. The third-order valence-corrected chi connectivity index (χ3v) is 6.94. The lowest BCUT2D eigenvalue weighted by molar-refractivity contribution is -0.130. The molecule has 1 fully saturated rings. The first-order chi connectivity index (χ1) is 15.4. The second-order valence-corrected chi connectivity index (χ2v) is 9.25. The average molecular weight is 428 g/mol. The molecule has 0 aromatic carbocycles. The number of carbonyl (C=O) groups is 1. The fourth-order valence-corrected chi connectivity index (χ4v) is 4.83. The van der Waals surface area contributed by atoms with Crippen LogP contribution in [0.3, 0.4) is 0 Å². The van der Waals surface area contributed by atoms with E-state index in [0.717, 1.165) is 50.2 Å². The quantitative estimate of drug-likeness (QED) is 0.634. The lowest BCUT2D eigenvalue weighted by Crippen LogP contribution is -2.38. The maximum absolute atomic E-state index is 11.7. The number of likely N-dealkylation sites (tertiary alicyclic amines) is 1. The summed E-state index contributed by atoms with van der Waals surface area (Å²) in [5, 5.41) is 3.58. The summed E-state index contributed by atoms with van der Waals surface area (Å²) in [5.41, 5.74) is 12.3. The van der Waals surface area contributed by atoms with Crippen molar-refractivity contribution in [2.45, 2.75) is 39.5 Å². The van der Waals surface area contributed by atoms with Crippen LogP contribution in [0.5, 0.6) is 0 Å². The molecule has 166 valence electrons. The highest BCUT2D eigenvalue weighted by molar-refractivity contribution is 5.73. The molecule has 2 heterocycles. The summed E-state index contributed by atoms with van der Waals surface area (Å²) in [4.78, 5) is 15.8. The van der Waals surface area contributed by atoms with Crippen LogP contribution in [0.2, 0.25) is 0 Å². The van der Waals surface area contributed by atoms with Crippen molar-refractivity contribution in [1.82, 2.24) is 15.1 Å². The Kier molecular flexibility index (Phi) is 6.28. The van der Waals surface area contributed by atoms with E-state index in [1.54, 1.807) is 6.92 Å². The fraction of sp³-hybridized carbons (Fsp3) is 0.393. The van der Waals surface area contributed by atoms with Crippen LogP contribution < -0.4 is 5.32 Å². The van der Waals surface area contributed by atoms with Crippen molar-refractivity contribution in [3.63, 3.8) is 0 Å². The van der Waals surface area contributed by atoms with Crippen molar-refractivity contribution in [2.24, 2.45) is 11.3 Å². The van der Waals surface area contributed by atoms with E-state index in [1.807, 2.05) is 11.0 Å². The summed E-state index contributed by atoms with van der Waals surface area (Å²) in [5.74, 6) is 0.487. The van der Waals surface area contributed by atoms with Crippen LogP contribution in [0.4, 0.5) is 0 Å². The van der Waals surface area contributed by atoms with Crippen LogP contribution in [-0.4, -0.2) is 35.8 Å². The number of likely N-dealkylation sites (N-methyl/N-ethyl adjacent to an activating group) is 1. The first-order valence-corrected chi connectivity index (χ1v) is 11.5. The molecule has 32 heavy (non-hydrogen) atoms. The number of rotatable bonds is 4. The van der Waals surface area contributed by atoms with Gasteiger partial charge in [0.15, 0.2) is 0 Å². The van der Waals surface area contributed by atoms with Gasteiger partial charge in [-0.15, -0.1) is 11.5 Å². The van der Waals surface area contributed by atoms with Gasteiger partial charge in [-0.1, -0.05) is 31.7 Å². The predicted molar refractivity (Wildman–Crippen MR) is 130 cm³/mol. The number of hydrogen-bond donors (Lipinski definition) is 1. The number of fused-ring (bicyclic) bond motifs is 1. The number of nitrogens with one attached hydrogen (secondary N) is 1. The molecule has 4 rings (SSSR count). The Bertz CT molecular complexity index is 1060. The van der Waals surface area contributed by atoms with E-state index >= 15 is 0 Å². The van der Waals surface area contributed by atoms with Crippen LogP contribution in [0.1, 0.15) is 39.5 Å². The third kappa shape index (κ3) is 4.53. The smallest absolute Gasteiger partial charge is 0.219 e. The second-order valence-electron chi connectivity index (χ2n) is 9.25. The Hall–Kier alpha value is -3.19. The van der Waals surface area contributed by atoms with E-state index < -0.39 is 0 Å². The van der Waals surface area contributed by atoms with E-state index in [1.165, 1.54) is 16.8 Å². The molecule has 4 nitrogen and oxygen atoms in total. The molecule has 1 N–H and O–H groups in total. The second kappa shape index (κ2) is 9.12. The van der Waals surface area contributed by atoms with E-state index in [9.17, 15) is 4.79 Å². The highest BCUT2D eigenvalue weighted by atomic mass is 16.2. The summed E-state index contributed by atoms with van der Waals surface area (Å²) in [7, 11) is 2.10. The molecule has 0 aromatic heterocycles. The number of piperidine rings is 1. The molecule has 2 aliphatic heterocycles. The van der Waals surface area contributed by atoms with Gasteiger partial charge in [-0.05, 0) is 55.1 Å². The maximum Gasteiger partial charge on any atom is 0.219 e. The van der Waals surface area contributed by atoms with Crippen LogP contribution in [0.15, 0.2) is 95.0 Å². The van der Waals surface area contributed by atoms with Gasteiger partial charge in [0.1, 0.15) is 0 Å². The van der Waals surface area contributed by atoms with E-state index in [0.29, 0.717) is 5.92 Å². The van der Waals surface area contributed by atoms with Gasteiger partial charge < -0.3 is 15.1 Å². The number of carbonyl (C=O) groups excluding carboxylic acids is 1. The standard InChI is InChI=1S/C28H33N3O/c1-5-26(22-12-17-31(18-13-22)21(2)32)29-25-9-8-14-28(3)15-11-23(19-24(28)20-25)27-10-6-7-16-30(27)4/h7,9-11,14,16,19-20,22,29H,1,6,12-13,15,17-18H2,2-4H3. The normalized spacial score (nSPS) is 25.1. The molecule has 2 aliphatic carbocycles. The van der Waals surface area contributed by atoms with Crippen LogP contribution >= 0.6 is 0 Å². The molecule has 1 unspecified atom stereocenters. The molecule has 0 bridgehead atoms. The zero-order valence-corrected chi connectivity index (χ0v) is 19.4. The third-order valence-electron chi connectivity index (χ3n) is 6.94. The molecule has 1 atom stereocenters. The maximum atomic E-state index is 11.7. The Balaban J connectivity index is 1.55. The Morgan fingerprint density at radius 3 is 2.75 bits per heavy atom. The monoisotopic (exact) mass is 427 g/mol. The van der Waals surface area contributed by atoms with Crippen molar-refractivity contribution in [3.05, 3.63) is 95.0 Å². The predicted octanol–water partition coefficient (Wildman–Crippen LogP) is 5.11. The lowest BCUT2D eigenvalue weighted by atomic mass is 9.74. The van der Waals surface area contributed by atoms with Crippen LogP contribution in [0, 0.1) is 11.3 Å². The zero-order valence-electron chi connectivity index (χ0n) is 19.4. The molecular formula is C28H33N3O. The van der Waals surface area contributed by atoms with Gasteiger partial charge in [0, 0.05) is 62.1 Å². The molecule has 1 amide bonds. The molecule has 0 aromatic rings. The lowest BCUT2D eigenvalue weighted by Gasteiger charge is -2.33. The summed E-state index contributed by atoms with van der Waals surface area (Å²) in [6.07, 6.45) is 21.5. The molecule has 0 saturated carbocycles. The number of amides is 1. The first-order valence-electron chi connectivity index (χ1n) is 11.5. The molecule has 4 heteroatoms. The minimum absolute atomic E-state index is 0.0715. The van der Waals surface area contributed by atoms with Gasteiger partial charge in [-0.25, -0.2) is 0 Å². The first kappa shape index (κ1) is 22.0. The van der Waals surface area contributed by atoms with Gasteiger partial charge in [0.25, 0.3) is 0 Å². The number of nitrogens with zero attached hydrogens (tertiary/aromatic N) is 2. The molecule has 0 spiro atoms. The number of hydrogen-bond acceptors (Lipinski definition) is 3. The minimum Gasteiger partial charge on any atom is -0.352 e. The summed E-state index contributed by atoms with van der Waals surface area (Å²) >= 11 is 0. The Labute approximate surface area is 192 Å². The van der Waals surface area contributed by atoms with Gasteiger partial charge in [-0.2, -0.15) is 0 Å². The van der Waals surface area contributed by atoms with Gasteiger partial charge >= 0.3 is 0 Å². The van der Waals surface area contributed by atoms with Gasteiger partial charge in [0.05, 0.1) is 5.70 Å². The van der Waals surface area contributed by atoms with Crippen molar-refractivity contribution in [3.8, 4) is 0 Å². The summed E-state index contributed by atoms with van der Waals surface area (Å²) in [6, 6.07) is 0. The summed E-state index contributed by atoms with van der Waals surface area (Å²) in [6.45, 7) is 9.43. The van der Waals surface area contributed by atoms with E-state index in [-0.39, 0.29) is 11.3 Å². The molecule has 0 radical (unpaired) electrons. The molecule has 1 saturated heterocycles. The average Bonchev–Trinajstić information content (AvgIpc) is 2.95. The highest BCUT2D eigenvalue weighted by Gasteiger charge is 2.30. The van der Waals surface area contributed by atoms with Crippen molar-refractivity contribution in [1.29, 1.82) is 0 Å². The largest absolute Gasteiger partial charge is 0.352 e. The number of allylic oxidation sites excluding steroid dienone is 8. The summed E-state index contributed by atoms with van der Waals surface area (Å²) < 4.78 is 0. The van der Waals surface area contributed by atoms with Crippen molar-refractivity contribution in [2.75, 3.05) is 20.1 Å². The van der Waals surface area contributed by atoms with Gasteiger partial charge in [-0.3, -0.25) is 4.79 Å². The van der Waals surface area contributed by atoms with Gasteiger partial charge in [0.2, 0.25) is 5.91 Å². The SMILES string of the molecule is C=C=C(NC1=CC2=CC(C3=CCC=CN3C)=CCC2(C)C=C=C1)C1CCN(C(C)=O)CC1. The van der Waals surface area contributed by atoms with Crippen LogP contribution in [-0.2, 0) is 4.79 Å². The van der Waals surface area contributed by atoms with Crippen LogP contribution in [0.25, 0.3) is 0 Å². The zero-order chi connectivity index (χ0) is 22.7. The highest BCUT2D eigenvalue weighted by Crippen LogP contribution is 2.41. The molecular weight excluding hydrogens is 394 g/mol. The molecule has 4 aliphatic rings. The fourth-order valence-electron chi connectivity index (χ4n) is 4.83. The topological polar surface area (TPSA) is 35.6 Å². The Morgan fingerprint density at radius 2 is 2.06 bits per heavy atom. The van der Waals surface area contributed by atoms with E-state index in [4.69, 9.17) is 0 Å². The Morgan fingerprint density at radius 1 is 1.28 bits per heavy atom. The van der Waals surface area contributed by atoms with Crippen molar-refractivity contribution < 1.29 is 4.79 Å². The van der Waals surface area contributed by atoms with Crippen molar-refractivity contribution >= 4 is 5.91 Å². The van der Waals surface area contributed by atoms with E-state index in [2.05, 4.69) is 84.9 Å².